The number of piperidine rings is 1. The first-order chi connectivity index (χ1) is 12.7. The molecule has 4 nitrogen and oxygen atoms in total. The molecule has 1 saturated heterocycles. The fourth-order valence-electron chi connectivity index (χ4n) is 3.51. The van der Waals surface area contributed by atoms with E-state index in [0.717, 1.165) is 18.8 Å². The molecule has 0 radical (unpaired) electrons. The van der Waals surface area contributed by atoms with Crippen LogP contribution in [0.5, 0.6) is 5.75 Å². The highest BCUT2D eigenvalue weighted by Gasteiger charge is 2.21. The molecule has 1 aliphatic rings. The highest BCUT2D eigenvalue weighted by Crippen LogP contribution is 2.29. The van der Waals surface area contributed by atoms with Crippen LogP contribution in [0.2, 0.25) is 0 Å². The van der Waals surface area contributed by atoms with Crippen molar-refractivity contribution in [2.45, 2.75) is 32.7 Å². The molecule has 2 heterocycles. The third-order valence-electron chi connectivity index (χ3n) is 5.19. The second-order valence-electron chi connectivity index (χ2n) is 7.04. The summed E-state index contributed by atoms with van der Waals surface area (Å²) in [5.74, 6) is 2.15. The molecule has 0 spiro atoms. The Morgan fingerprint density at radius 1 is 1.22 bits per heavy atom. The minimum absolute atomic E-state index is 0. The van der Waals surface area contributed by atoms with Gasteiger partial charge in [0.1, 0.15) is 5.75 Å². The maximum absolute atomic E-state index is 12.3. The molecule has 2 aromatic rings. The summed E-state index contributed by atoms with van der Waals surface area (Å²) in [6, 6.07) is 12.3. The lowest BCUT2D eigenvalue weighted by Gasteiger charge is -2.27. The molecule has 1 unspecified atom stereocenters. The average Bonchev–Trinajstić information content (AvgIpc) is 3.16. The summed E-state index contributed by atoms with van der Waals surface area (Å²) in [6.45, 7) is 4.99. The van der Waals surface area contributed by atoms with Crippen molar-refractivity contribution in [1.29, 1.82) is 0 Å². The van der Waals surface area contributed by atoms with Gasteiger partial charge in [-0.15, -0.1) is 23.7 Å². The zero-order valence-corrected chi connectivity index (χ0v) is 17.6. The lowest BCUT2D eigenvalue weighted by atomic mass is 9.84. The van der Waals surface area contributed by atoms with E-state index in [-0.39, 0.29) is 18.3 Å². The first-order valence-electron chi connectivity index (χ1n) is 9.36. The molecule has 27 heavy (non-hydrogen) atoms. The summed E-state index contributed by atoms with van der Waals surface area (Å²) in [5.41, 5.74) is 1.17. The van der Waals surface area contributed by atoms with Gasteiger partial charge in [0, 0.05) is 16.2 Å². The third kappa shape index (κ3) is 6.23. The smallest absolute Gasteiger partial charge is 0.220 e. The van der Waals surface area contributed by atoms with Crippen molar-refractivity contribution in [2.75, 3.05) is 20.2 Å². The van der Waals surface area contributed by atoms with E-state index < -0.39 is 0 Å². The molecule has 3 rings (SSSR count). The van der Waals surface area contributed by atoms with E-state index in [4.69, 9.17) is 4.74 Å². The van der Waals surface area contributed by atoms with Crippen LogP contribution in [-0.2, 0) is 11.3 Å². The van der Waals surface area contributed by atoms with Crippen molar-refractivity contribution in [2.24, 2.45) is 11.8 Å². The Morgan fingerprint density at radius 2 is 1.93 bits per heavy atom. The summed E-state index contributed by atoms with van der Waals surface area (Å²) >= 11 is 1.72. The molecule has 2 N–H and O–H groups in total. The molecule has 6 heteroatoms. The van der Waals surface area contributed by atoms with Gasteiger partial charge in [-0.1, -0.05) is 6.92 Å². The van der Waals surface area contributed by atoms with Crippen molar-refractivity contribution in [3.05, 3.63) is 41.3 Å². The molecule has 148 valence electrons. The van der Waals surface area contributed by atoms with Crippen LogP contribution in [0.1, 0.15) is 31.1 Å². The third-order valence-corrected chi connectivity index (χ3v) is 6.33. The van der Waals surface area contributed by atoms with Gasteiger partial charge in [-0.3, -0.25) is 4.79 Å². The highest BCUT2D eigenvalue weighted by atomic mass is 35.5. The largest absolute Gasteiger partial charge is 0.497 e. The van der Waals surface area contributed by atoms with Gasteiger partial charge in [0.05, 0.1) is 13.7 Å². The van der Waals surface area contributed by atoms with Crippen LogP contribution in [0.15, 0.2) is 36.4 Å². The number of methoxy groups -OCH3 is 1. The quantitative estimate of drug-likeness (QED) is 0.709. The molecule has 0 saturated carbocycles. The fourth-order valence-corrected chi connectivity index (χ4v) is 4.47. The van der Waals surface area contributed by atoms with E-state index >= 15 is 0 Å². The first-order valence-corrected chi connectivity index (χ1v) is 10.2. The number of halogens is 1. The minimum atomic E-state index is 0. The Kier molecular flexibility index (Phi) is 8.61. The van der Waals surface area contributed by atoms with Crippen molar-refractivity contribution in [1.82, 2.24) is 10.6 Å². The van der Waals surface area contributed by atoms with E-state index in [1.54, 1.807) is 18.4 Å². The van der Waals surface area contributed by atoms with Crippen molar-refractivity contribution in [3.8, 4) is 16.2 Å². The molecule has 0 aliphatic carbocycles. The van der Waals surface area contributed by atoms with E-state index in [1.165, 1.54) is 28.2 Å². The summed E-state index contributed by atoms with van der Waals surface area (Å²) in [6.07, 6.45) is 3.00. The summed E-state index contributed by atoms with van der Waals surface area (Å²) in [4.78, 5) is 14.7. The molecule has 0 bridgehead atoms. The molecule has 1 aliphatic heterocycles. The number of ether oxygens (including phenoxy) is 1. The van der Waals surface area contributed by atoms with Gasteiger partial charge in [-0.05, 0) is 79.7 Å². The molecule has 1 aromatic heterocycles. The number of nitrogens with one attached hydrogen (secondary N) is 2. The van der Waals surface area contributed by atoms with E-state index in [0.29, 0.717) is 24.8 Å². The monoisotopic (exact) mass is 408 g/mol. The SMILES string of the molecule is COc1ccc(-c2ccc(CNC(=O)CC(C)C3CCNCC3)s2)cc1.Cl. The summed E-state index contributed by atoms with van der Waals surface area (Å²) in [7, 11) is 1.67. The summed E-state index contributed by atoms with van der Waals surface area (Å²) in [5, 5.41) is 6.47. The Hall–Kier alpha value is -1.56. The molecular weight excluding hydrogens is 380 g/mol. The lowest BCUT2D eigenvalue weighted by Crippen LogP contribution is -2.33. The van der Waals surface area contributed by atoms with Crippen LogP contribution in [0.25, 0.3) is 10.4 Å². The molecule has 1 atom stereocenters. The summed E-state index contributed by atoms with van der Waals surface area (Å²) < 4.78 is 5.20. The zero-order chi connectivity index (χ0) is 18.4. The molecule has 1 amide bonds. The predicted octanol–water partition coefficient (Wildman–Crippen LogP) is 4.49. The first kappa shape index (κ1) is 21.7. The normalized spacial score (nSPS) is 15.6. The number of carbonyl (C=O) groups is 1. The molecule has 1 fully saturated rings. The number of benzene rings is 1. The number of thiophene rings is 1. The Labute approximate surface area is 172 Å². The van der Waals surface area contributed by atoms with Crippen LogP contribution in [0.4, 0.5) is 0 Å². The second-order valence-corrected chi connectivity index (χ2v) is 8.21. The topological polar surface area (TPSA) is 50.4 Å². The van der Waals surface area contributed by atoms with Gasteiger partial charge in [0.2, 0.25) is 5.91 Å². The standard InChI is InChI=1S/C21H28N2O2S.ClH/c1-15(16-9-11-22-12-10-16)13-21(24)23-14-19-7-8-20(26-19)17-3-5-18(25-2)6-4-17;/h3-8,15-16,22H,9-14H2,1-2H3,(H,23,24);1H. The fraction of sp³-hybridized carbons (Fsp3) is 0.476. The molecular formula is C21H29ClN2O2S. The van der Waals surface area contributed by atoms with Crippen LogP contribution in [0, 0.1) is 11.8 Å². The predicted molar refractivity (Wildman–Crippen MR) is 115 cm³/mol. The van der Waals surface area contributed by atoms with E-state index in [2.05, 4.69) is 41.8 Å². The zero-order valence-electron chi connectivity index (χ0n) is 16.0. The number of amides is 1. The van der Waals surface area contributed by atoms with Gasteiger partial charge in [-0.25, -0.2) is 0 Å². The Balaban J connectivity index is 0.00000261. The van der Waals surface area contributed by atoms with E-state index in [1.807, 2.05) is 12.1 Å². The minimum Gasteiger partial charge on any atom is -0.497 e. The van der Waals surface area contributed by atoms with Gasteiger partial charge in [0.25, 0.3) is 0 Å². The maximum atomic E-state index is 12.3. The van der Waals surface area contributed by atoms with Crippen molar-refractivity contribution in [3.63, 3.8) is 0 Å². The maximum Gasteiger partial charge on any atom is 0.220 e. The molecule has 1 aromatic carbocycles. The number of hydrogen-bond donors (Lipinski definition) is 2. The van der Waals surface area contributed by atoms with Crippen LogP contribution in [-0.4, -0.2) is 26.1 Å². The van der Waals surface area contributed by atoms with E-state index in [9.17, 15) is 4.79 Å². The number of hydrogen-bond acceptors (Lipinski definition) is 4. The lowest BCUT2D eigenvalue weighted by molar-refractivity contribution is -0.122. The van der Waals surface area contributed by atoms with Crippen molar-refractivity contribution >= 4 is 29.7 Å². The van der Waals surface area contributed by atoms with Gasteiger partial charge in [0.15, 0.2) is 0 Å². The van der Waals surface area contributed by atoms with Crippen LogP contribution < -0.4 is 15.4 Å². The second kappa shape index (κ2) is 10.7. The number of rotatable bonds is 7. The Bertz CT molecular complexity index is 711. The van der Waals surface area contributed by atoms with Gasteiger partial charge < -0.3 is 15.4 Å². The van der Waals surface area contributed by atoms with Crippen molar-refractivity contribution < 1.29 is 9.53 Å². The van der Waals surface area contributed by atoms with Crippen LogP contribution in [0.3, 0.4) is 0 Å². The number of carbonyl (C=O) groups excluding carboxylic acids is 1. The van der Waals surface area contributed by atoms with Gasteiger partial charge in [-0.2, -0.15) is 0 Å². The Morgan fingerprint density at radius 3 is 2.59 bits per heavy atom. The van der Waals surface area contributed by atoms with Crippen LogP contribution >= 0.6 is 23.7 Å². The average molecular weight is 409 g/mol. The highest BCUT2D eigenvalue weighted by molar-refractivity contribution is 7.15. The van der Waals surface area contributed by atoms with Gasteiger partial charge >= 0.3 is 0 Å².